The van der Waals surface area contributed by atoms with Gasteiger partial charge in [0.1, 0.15) is 0 Å². The first-order chi connectivity index (χ1) is 9.36. The van der Waals surface area contributed by atoms with E-state index in [0.717, 1.165) is 11.1 Å². The molecule has 1 aliphatic rings. The number of nitrogens with two attached hydrogens (primary N) is 1. The van der Waals surface area contributed by atoms with Crippen LogP contribution in [0.4, 0.5) is 5.69 Å². The maximum atomic E-state index is 12.7. The van der Waals surface area contributed by atoms with Gasteiger partial charge in [-0.1, -0.05) is 0 Å². The lowest BCUT2D eigenvalue weighted by Crippen LogP contribution is -2.39. The predicted molar refractivity (Wildman–Crippen MR) is 78.9 cm³/mol. The minimum absolute atomic E-state index is 0.129. The Morgan fingerprint density at radius 3 is 2.45 bits per heavy atom. The molecule has 0 amide bonds. The van der Waals surface area contributed by atoms with Crippen molar-refractivity contribution >= 4 is 15.7 Å². The normalized spacial score (nSPS) is 18.4. The summed E-state index contributed by atoms with van der Waals surface area (Å²) >= 11 is 0. The van der Waals surface area contributed by atoms with Crippen molar-refractivity contribution < 1.29 is 13.5 Å². The van der Waals surface area contributed by atoms with Gasteiger partial charge in [0.15, 0.2) is 0 Å². The molecule has 6 heteroatoms. The van der Waals surface area contributed by atoms with E-state index in [1.807, 2.05) is 13.8 Å². The van der Waals surface area contributed by atoms with Crippen molar-refractivity contribution in [3.63, 3.8) is 0 Å². The van der Waals surface area contributed by atoms with Crippen molar-refractivity contribution in [3.8, 4) is 0 Å². The summed E-state index contributed by atoms with van der Waals surface area (Å²) in [6, 6.07) is 3.32. The Labute approximate surface area is 120 Å². The van der Waals surface area contributed by atoms with Gasteiger partial charge in [0.25, 0.3) is 0 Å². The van der Waals surface area contributed by atoms with Gasteiger partial charge in [-0.2, -0.15) is 4.31 Å². The molecule has 2 rings (SSSR count). The number of benzene rings is 1. The highest BCUT2D eigenvalue weighted by Crippen LogP contribution is 2.28. The number of piperidine rings is 1. The third-order valence-electron chi connectivity index (χ3n) is 4.09. The fourth-order valence-electron chi connectivity index (χ4n) is 2.59. The molecule has 1 aliphatic heterocycles. The zero-order valence-electron chi connectivity index (χ0n) is 12.0. The van der Waals surface area contributed by atoms with Crippen LogP contribution in [0, 0.1) is 19.8 Å². The molecule has 0 aliphatic carbocycles. The van der Waals surface area contributed by atoms with E-state index in [1.54, 1.807) is 6.07 Å². The van der Waals surface area contributed by atoms with Crippen LogP contribution < -0.4 is 5.73 Å². The van der Waals surface area contributed by atoms with Crippen LogP contribution in [0.5, 0.6) is 0 Å². The summed E-state index contributed by atoms with van der Waals surface area (Å²) in [5.41, 5.74) is 7.89. The fraction of sp³-hybridized carbons (Fsp3) is 0.571. The summed E-state index contributed by atoms with van der Waals surface area (Å²) in [5, 5.41) is 9.13. The summed E-state index contributed by atoms with van der Waals surface area (Å²) in [6.45, 7) is 4.72. The zero-order chi connectivity index (χ0) is 14.9. The van der Waals surface area contributed by atoms with E-state index >= 15 is 0 Å². The predicted octanol–water partition coefficient (Wildman–Crippen LogP) is 1.28. The summed E-state index contributed by atoms with van der Waals surface area (Å²) in [4.78, 5) is 0.303. The zero-order valence-corrected chi connectivity index (χ0v) is 12.8. The third-order valence-corrected chi connectivity index (χ3v) is 6.12. The van der Waals surface area contributed by atoms with Gasteiger partial charge in [-0.15, -0.1) is 0 Å². The fourth-order valence-corrected chi connectivity index (χ4v) is 4.40. The van der Waals surface area contributed by atoms with E-state index in [2.05, 4.69) is 0 Å². The minimum Gasteiger partial charge on any atom is -0.399 e. The summed E-state index contributed by atoms with van der Waals surface area (Å²) in [6.07, 6.45) is 1.41. The van der Waals surface area contributed by atoms with Gasteiger partial charge in [0.2, 0.25) is 10.0 Å². The van der Waals surface area contributed by atoms with Gasteiger partial charge in [0, 0.05) is 25.4 Å². The van der Waals surface area contributed by atoms with E-state index < -0.39 is 10.0 Å². The van der Waals surface area contributed by atoms with Crippen LogP contribution in [0.2, 0.25) is 0 Å². The van der Waals surface area contributed by atoms with Crippen molar-refractivity contribution in [2.75, 3.05) is 25.4 Å². The molecule has 1 fully saturated rings. The molecule has 112 valence electrons. The Kier molecular flexibility index (Phi) is 4.36. The highest BCUT2D eigenvalue weighted by Gasteiger charge is 2.30. The van der Waals surface area contributed by atoms with E-state index in [4.69, 9.17) is 10.8 Å². The lowest BCUT2D eigenvalue weighted by Gasteiger charge is -2.30. The van der Waals surface area contributed by atoms with Gasteiger partial charge < -0.3 is 10.8 Å². The highest BCUT2D eigenvalue weighted by atomic mass is 32.2. The Morgan fingerprint density at radius 1 is 1.30 bits per heavy atom. The molecule has 0 saturated carbocycles. The van der Waals surface area contributed by atoms with Crippen molar-refractivity contribution in [2.24, 2.45) is 5.92 Å². The molecule has 0 spiro atoms. The number of rotatable bonds is 3. The second-order valence-electron chi connectivity index (χ2n) is 5.49. The van der Waals surface area contributed by atoms with E-state index in [0.29, 0.717) is 36.5 Å². The van der Waals surface area contributed by atoms with Gasteiger partial charge in [0.05, 0.1) is 4.90 Å². The van der Waals surface area contributed by atoms with E-state index in [-0.39, 0.29) is 12.5 Å². The van der Waals surface area contributed by atoms with Crippen molar-refractivity contribution in [1.82, 2.24) is 4.31 Å². The van der Waals surface area contributed by atoms with Crippen molar-refractivity contribution in [2.45, 2.75) is 31.6 Å². The van der Waals surface area contributed by atoms with Crippen LogP contribution >= 0.6 is 0 Å². The van der Waals surface area contributed by atoms with Crippen molar-refractivity contribution in [1.29, 1.82) is 0 Å². The monoisotopic (exact) mass is 298 g/mol. The second-order valence-corrected chi connectivity index (χ2v) is 7.40. The van der Waals surface area contributed by atoms with Gasteiger partial charge >= 0.3 is 0 Å². The molecule has 0 atom stereocenters. The van der Waals surface area contributed by atoms with Crippen LogP contribution in [0.3, 0.4) is 0 Å². The maximum Gasteiger partial charge on any atom is 0.243 e. The Bertz CT molecular complexity index is 591. The number of aliphatic hydroxyl groups is 1. The highest BCUT2D eigenvalue weighted by molar-refractivity contribution is 7.89. The molecule has 20 heavy (non-hydrogen) atoms. The molecule has 1 saturated heterocycles. The Balaban J connectivity index is 2.32. The molecule has 1 aromatic carbocycles. The molecular weight excluding hydrogens is 276 g/mol. The smallest absolute Gasteiger partial charge is 0.243 e. The lowest BCUT2D eigenvalue weighted by molar-refractivity contribution is 0.170. The molecule has 1 heterocycles. The molecule has 0 radical (unpaired) electrons. The van der Waals surface area contributed by atoms with Crippen LogP contribution in [0.1, 0.15) is 24.0 Å². The molecular formula is C14H22N2O3S. The summed E-state index contributed by atoms with van der Waals surface area (Å²) < 4.78 is 26.9. The number of anilines is 1. The second kappa shape index (κ2) is 5.71. The molecule has 1 aromatic rings. The quantitative estimate of drug-likeness (QED) is 0.823. The molecule has 5 nitrogen and oxygen atoms in total. The van der Waals surface area contributed by atoms with Gasteiger partial charge in [-0.3, -0.25) is 0 Å². The van der Waals surface area contributed by atoms with Crippen LogP contribution in [-0.2, 0) is 10.0 Å². The molecule has 3 N–H and O–H groups in total. The Morgan fingerprint density at radius 2 is 1.90 bits per heavy atom. The van der Waals surface area contributed by atoms with Crippen LogP contribution in [0.15, 0.2) is 17.0 Å². The minimum atomic E-state index is -3.50. The first-order valence-corrected chi connectivity index (χ1v) is 8.28. The number of hydrogen-bond acceptors (Lipinski definition) is 4. The molecule has 0 unspecified atom stereocenters. The Hall–Kier alpha value is -1.11. The topological polar surface area (TPSA) is 83.6 Å². The third kappa shape index (κ3) is 2.82. The number of sulfonamides is 1. The SMILES string of the molecule is Cc1cc(N)cc(S(=O)(=O)N2CCC(CO)CC2)c1C. The summed E-state index contributed by atoms with van der Waals surface area (Å²) in [5.74, 6) is 0.213. The van der Waals surface area contributed by atoms with Crippen LogP contribution in [-0.4, -0.2) is 37.5 Å². The first kappa shape index (κ1) is 15.3. The summed E-state index contributed by atoms with van der Waals surface area (Å²) in [7, 11) is -3.50. The molecule has 0 aromatic heterocycles. The number of nitrogens with zero attached hydrogens (tertiary/aromatic N) is 1. The lowest BCUT2D eigenvalue weighted by atomic mass is 10.00. The van der Waals surface area contributed by atoms with Crippen LogP contribution in [0.25, 0.3) is 0 Å². The maximum absolute atomic E-state index is 12.7. The first-order valence-electron chi connectivity index (χ1n) is 6.84. The largest absolute Gasteiger partial charge is 0.399 e. The standard InChI is InChI=1S/C14H22N2O3S/c1-10-7-13(15)8-14(11(10)2)20(18,19)16-5-3-12(9-17)4-6-16/h7-8,12,17H,3-6,9,15H2,1-2H3. The van der Waals surface area contributed by atoms with Gasteiger partial charge in [-0.25, -0.2) is 8.42 Å². The molecule has 0 bridgehead atoms. The van der Waals surface area contributed by atoms with Gasteiger partial charge in [-0.05, 0) is 55.9 Å². The van der Waals surface area contributed by atoms with E-state index in [9.17, 15) is 8.42 Å². The number of aryl methyl sites for hydroxylation is 1. The van der Waals surface area contributed by atoms with E-state index in [1.165, 1.54) is 10.4 Å². The number of nitrogen functional groups attached to an aromatic ring is 1. The average molecular weight is 298 g/mol. The van der Waals surface area contributed by atoms with Crippen molar-refractivity contribution in [3.05, 3.63) is 23.3 Å². The number of hydrogen-bond donors (Lipinski definition) is 2. The average Bonchev–Trinajstić information content (AvgIpc) is 2.42. The number of aliphatic hydroxyl groups excluding tert-OH is 1.